The third kappa shape index (κ3) is 2.20. The Labute approximate surface area is 130 Å². The lowest BCUT2D eigenvalue weighted by Crippen LogP contribution is -2.52. The standard InChI is InChI=1S/C17H21NO2S/c19-16(18-11-15-10-14(18)12-21-15)17(6-8-20-9-7-17)13-4-2-1-3-5-13/h1-5,14-15H,6-12H2. The molecular weight excluding hydrogens is 282 g/mol. The third-order valence-corrected chi connectivity index (χ3v) is 6.63. The molecule has 3 heterocycles. The number of nitrogens with zero attached hydrogens (tertiary/aromatic N) is 1. The van der Waals surface area contributed by atoms with Crippen molar-refractivity contribution < 1.29 is 9.53 Å². The van der Waals surface area contributed by atoms with Gasteiger partial charge in [-0.05, 0) is 24.8 Å². The molecule has 1 amide bonds. The molecule has 2 bridgehead atoms. The number of amides is 1. The Morgan fingerprint density at radius 1 is 1.24 bits per heavy atom. The van der Waals surface area contributed by atoms with Crippen molar-refractivity contribution >= 4 is 17.7 Å². The highest BCUT2D eigenvalue weighted by Gasteiger charge is 2.49. The van der Waals surface area contributed by atoms with Crippen molar-refractivity contribution in [2.24, 2.45) is 0 Å². The quantitative estimate of drug-likeness (QED) is 0.840. The van der Waals surface area contributed by atoms with Crippen molar-refractivity contribution in [2.75, 3.05) is 25.5 Å². The van der Waals surface area contributed by atoms with Gasteiger partial charge in [0.15, 0.2) is 0 Å². The molecule has 0 N–H and O–H groups in total. The molecule has 2 unspecified atom stereocenters. The second-order valence-corrected chi connectivity index (χ2v) is 7.70. The molecule has 0 spiro atoms. The van der Waals surface area contributed by atoms with Gasteiger partial charge in [-0.3, -0.25) is 4.79 Å². The number of ether oxygens (including phenoxy) is 1. The summed E-state index contributed by atoms with van der Waals surface area (Å²) in [6, 6.07) is 10.8. The normalized spacial score (nSPS) is 30.6. The molecule has 0 radical (unpaired) electrons. The fraction of sp³-hybridized carbons (Fsp3) is 0.588. The number of carbonyl (C=O) groups excluding carboxylic acids is 1. The molecule has 3 aliphatic rings. The summed E-state index contributed by atoms with van der Waals surface area (Å²) in [6.45, 7) is 2.33. The van der Waals surface area contributed by atoms with Gasteiger partial charge in [0.25, 0.3) is 0 Å². The molecule has 112 valence electrons. The summed E-state index contributed by atoms with van der Waals surface area (Å²) in [5, 5.41) is 0.673. The molecule has 0 aromatic heterocycles. The number of likely N-dealkylation sites (tertiary alicyclic amines) is 1. The zero-order valence-corrected chi connectivity index (χ0v) is 13.0. The van der Waals surface area contributed by atoms with Crippen LogP contribution in [0.5, 0.6) is 0 Å². The summed E-state index contributed by atoms with van der Waals surface area (Å²) in [6.07, 6.45) is 2.82. The number of thioether (sulfide) groups is 1. The minimum atomic E-state index is -0.353. The number of hydrogen-bond acceptors (Lipinski definition) is 3. The summed E-state index contributed by atoms with van der Waals surface area (Å²) in [5.74, 6) is 1.47. The first-order valence-electron chi connectivity index (χ1n) is 7.85. The van der Waals surface area contributed by atoms with Gasteiger partial charge in [0.1, 0.15) is 0 Å². The van der Waals surface area contributed by atoms with E-state index >= 15 is 0 Å². The van der Waals surface area contributed by atoms with Gasteiger partial charge in [0, 0.05) is 36.8 Å². The Hall–Kier alpha value is -1.00. The highest BCUT2D eigenvalue weighted by atomic mass is 32.2. The van der Waals surface area contributed by atoms with E-state index in [1.165, 1.54) is 12.0 Å². The van der Waals surface area contributed by atoms with E-state index in [9.17, 15) is 4.79 Å². The topological polar surface area (TPSA) is 29.5 Å². The monoisotopic (exact) mass is 303 g/mol. The Balaban J connectivity index is 1.68. The molecule has 0 saturated carbocycles. The van der Waals surface area contributed by atoms with Crippen LogP contribution in [0.1, 0.15) is 24.8 Å². The highest BCUT2D eigenvalue weighted by Crippen LogP contribution is 2.43. The molecule has 0 aliphatic carbocycles. The van der Waals surface area contributed by atoms with Gasteiger partial charge < -0.3 is 9.64 Å². The number of fused-ring (bicyclic) bond motifs is 2. The SMILES string of the molecule is O=C(N1CC2CC1CS2)C1(c2ccccc2)CCOCC1. The molecule has 1 aromatic carbocycles. The first-order chi connectivity index (χ1) is 10.3. The lowest BCUT2D eigenvalue weighted by Gasteiger charge is -2.41. The number of carbonyl (C=O) groups is 1. The van der Waals surface area contributed by atoms with Crippen molar-refractivity contribution in [1.29, 1.82) is 0 Å². The van der Waals surface area contributed by atoms with Crippen LogP contribution in [0.4, 0.5) is 0 Å². The molecular formula is C17H21NO2S. The molecule has 4 heteroatoms. The maximum atomic E-state index is 13.4. The van der Waals surface area contributed by atoms with Crippen LogP contribution in [0.25, 0.3) is 0 Å². The van der Waals surface area contributed by atoms with Crippen LogP contribution in [-0.4, -0.2) is 47.6 Å². The zero-order chi connectivity index (χ0) is 14.3. The second kappa shape index (κ2) is 5.33. The zero-order valence-electron chi connectivity index (χ0n) is 12.2. The van der Waals surface area contributed by atoms with Gasteiger partial charge in [0.2, 0.25) is 5.91 Å². The van der Waals surface area contributed by atoms with Crippen LogP contribution < -0.4 is 0 Å². The minimum absolute atomic E-state index is 0.352. The Morgan fingerprint density at radius 2 is 2.00 bits per heavy atom. The van der Waals surface area contributed by atoms with E-state index in [2.05, 4.69) is 17.0 Å². The first-order valence-corrected chi connectivity index (χ1v) is 8.90. The fourth-order valence-corrected chi connectivity index (χ4v) is 5.46. The predicted molar refractivity (Wildman–Crippen MR) is 84.5 cm³/mol. The molecule has 4 rings (SSSR count). The van der Waals surface area contributed by atoms with Crippen LogP contribution in [0, 0.1) is 0 Å². The molecule has 21 heavy (non-hydrogen) atoms. The maximum absolute atomic E-state index is 13.4. The van der Waals surface area contributed by atoms with E-state index in [1.807, 2.05) is 30.0 Å². The molecule has 3 aliphatic heterocycles. The van der Waals surface area contributed by atoms with E-state index in [1.54, 1.807) is 0 Å². The summed E-state index contributed by atoms with van der Waals surface area (Å²) < 4.78 is 5.55. The minimum Gasteiger partial charge on any atom is -0.381 e. The number of benzene rings is 1. The van der Waals surface area contributed by atoms with Gasteiger partial charge in [-0.2, -0.15) is 11.8 Å². The Bertz CT molecular complexity index is 527. The van der Waals surface area contributed by atoms with Gasteiger partial charge in [-0.15, -0.1) is 0 Å². The summed E-state index contributed by atoms with van der Waals surface area (Å²) in [4.78, 5) is 15.6. The fourth-order valence-electron chi connectivity index (χ4n) is 4.03. The summed E-state index contributed by atoms with van der Waals surface area (Å²) >= 11 is 2.04. The van der Waals surface area contributed by atoms with Crippen molar-refractivity contribution in [2.45, 2.75) is 36.0 Å². The predicted octanol–water partition coefficient (Wildman–Crippen LogP) is 2.45. The first kappa shape index (κ1) is 13.6. The lowest BCUT2D eigenvalue weighted by molar-refractivity contribution is -0.142. The van der Waals surface area contributed by atoms with Crippen LogP contribution in [0.15, 0.2) is 30.3 Å². The highest BCUT2D eigenvalue weighted by molar-refractivity contribution is 8.00. The average molecular weight is 303 g/mol. The van der Waals surface area contributed by atoms with Crippen molar-refractivity contribution in [3.05, 3.63) is 35.9 Å². The lowest BCUT2D eigenvalue weighted by atomic mass is 9.73. The second-order valence-electron chi connectivity index (χ2n) is 6.36. The van der Waals surface area contributed by atoms with Gasteiger partial charge in [-0.1, -0.05) is 30.3 Å². The van der Waals surface area contributed by atoms with Gasteiger partial charge in [-0.25, -0.2) is 0 Å². The molecule has 2 atom stereocenters. The maximum Gasteiger partial charge on any atom is 0.233 e. The van der Waals surface area contributed by atoms with Crippen LogP contribution >= 0.6 is 11.8 Å². The summed E-state index contributed by atoms with van der Waals surface area (Å²) in [5.41, 5.74) is 0.822. The van der Waals surface area contributed by atoms with Gasteiger partial charge in [0.05, 0.1) is 5.41 Å². The molecule has 3 fully saturated rings. The largest absolute Gasteiger partial charge is 0.381 e. The van der Waals surface area contributed by atoms with Crippen molar-refractivity contribution in [1.82, 2.24) is 4.90 Å². The van der Waals surface area contributed by atoms with Crippen LogP contribution in [0.3, 0.4) is 0 Å². The molecule has 1 aromatic rings. The average Bonchev–Trinajstić information content (AvgIpc) is 3.19. The van der Waals surface area contributed by atoms with E-state index in [4.69, 9.17) is 4.74 Å². The smallest absolute Gasteiger partial charge is 0.233 e. The summed E-state index contributed by atoms with van der Waals surface area (Å²) in [7, 11) is 0. The number of rotatable bonds is 2. The van der Waals surface area contributed by atoms with E-state index in [-0.39, 0.29) is 5.41 Å². The van der Waals surface area contributed by atoms with Crippen molar-refractivity contribution in [3.8, 4) is 0 Å². The number of hydrogen-bond donors (Lipinski definition) is 0. The molecule has 3 nitrogen and oxygen atoms in total. The van der Waals surface area contributed by atoms with Crippen LogP contribution in [0.2, 0.25) is 0 Å². The Kier molecular flexibility index (Phi) is 3.46. The van der Waals surface area contributed by atoms with Gasteiger partial charge >= 0.3 is 0 Å². The van der Waals surface area contributed by atoms with Crippen molar-refractivity contribution in [3.63, 3.8) is 0 Å². The van der Waals surface area contributed by atoms with Crippen LogP contribution in [-0.2, 0) is 14.9 Å². The van der Waals surface area contributed by atoms with E-state index in [0.29, 0.717) is 30.4 Å². The van der Waals surface area contributed by atoms with E-state index < -0.39 is 0 Å². The third-order valence-electron chi connectivity index (χ3n) is 5.24. The Morgan fingerprint density at radius 3 is 2.62 bits per heavy atom. The molecule has 3 saturated heterocycles. The van der Waals surface area contributed by atoms with E-state index in [0.717, 1.165) is 25.1 Å².